The highest BCUT2D eigenvalue weighted by atomic mass is 16.5. The minimum Gasteiger partial charge on any atom is -0.493 e. The Bertz CT molecular complexity index is 356. The van der Waals surface area contributed by atoms with Crippen LogP contribution in [0.15, 0.2) is 24.3 Å². The van der Waals surface area contributed by atoms with Gasteiger partial charge in [0.15, 0.2) is 0 Å². The maximum absolute atomic E-state index is 9.22. The lowest BCUT2D eigenvalue weighted by Crippen LogP contribution is -2.35. The molecular weight excluding hydrogens is 226 g/mol. The largest absolute Gasteiger partial charge is 0.493 e. The first-order valence-electron chi connectivity index (χ1n) is 6.52. The number of rotatable bonds is 6. The fraction of sp³-hybridized carbons (Fsp3) is 0.600. The lowest BCUT2D eigenvalue weighted by atomic mass is 10.1. The number of ether oxygens (including phenoxy) is 1. The molecule has 0 aromatic heterocycles. The van der Waals surface area contributed by atoms with Crippen LogP contribution in [0.3, 0.4) is 0 Å². The van der Waals surface area contributed by atoms with Crippen molar-refractivity contribution in [2.24, 2.45) is 0 Å². The van der Waals surface area contributed by atoms with Crippen molar-refractivity contribution in [2.45, 2.75) is 52.3 Å². The zero-order chi connectivity index (χ0) is 13.6. The molecule has 0 radical (unpaired) electrons. The predicted molar refractivity (Wildman–Crippen MR) is 74.8 cm³/mol. The highest BCUT2D eigenvalue weighted by molar-refractivity contribution is 5.33. The molecule has 1 aromatic carbocycles. The van der Waals surface area contributed by atoms with Crippen LogP contribution < -0.4 is 10.1 Å². The SMILES string of the molecule is CC(O)CCOc1ccccc1CNC(C)(C)C. The van der Waals surface area contributed by atoms with E-state index in [0.717, 1.165) is 17.9 Å². The molecule has 1 atom stereocenters. The van der Waals surface area contributed by atoms with Crippen LogP contribution in [0.5, 0.6) is 5.75 Å². The molecule has 0 aliphatic rings. The van der Waals surface area contributed by atoms with Gasteiger partial charge in [0.1, 0.15) is 5.75 Å². The molecule has 0 heterocycles. The topological polar surface area (TPSA) is 41.5 Å². The van der Waals surface area contributed by atoms with E-state index in [1.54, 1.807) is 6.92 Å². The van der Waals surface area contributed by atoms with E-state index in [0.29, 0.717) is 13.0 Å². The molecule has 0 spiro atoms. The summed E-state index contributed by atoms with van der Waals surface area (Å²) in [5.74, 6) is 0.898. The quantitative estimate of drug-likeness (QED) is 0.817. The van der Waals surface area contributed by atoms with Crippen LogP contribution in [0.4, 0.5) is 0 Å². The van der Waals surface area contributed by atoms with Gasteiger partial charge in [0, 0.05) is 24.1 Å². The van der Waals surface area contributed by atoms with Crippen molar-refractivity contribution >= 4 is 0 Å². The second-order valence-electron chi connectivity index (χ2n) is 5.70. The molecule has 0 aliphatic heterocycles. The van der Waals surface area contributed by atoms with Crippen LogP contribution in [0, 0.1) is 0 Å². The van der Waals surface area contributed by atoms with E-state index in [1.807, 2.05) is 18.2 Å². The Morgan fingerprint density at radius 3 is 2.56 bits per heavy atom. The summed E-state index contributed by atoms with van der Waals surface area (Å²) in [6.07, 6.45) is 0.339. The molecule has 1 unspecified atom stereocenters. The molecule has 1 rings (SSSR count). The van der Waals surface area contributed by atoms with Crippen molar-refractivity contribution in [3.8, 4) is 5.75 Å². The third kappa shape index (κ3) is 6.03. The molecule has 0 bridgehead atoms. The van der Waals surface area contributed by atoms with E-state index in [-0.39, 0.29) is 11.6 Å². The second-order valence-corrected chi connectivity index (χ2v) is 5.70. The molecule has 3 heteroatoms. The Morgan fingerprint density at radius 2 is 1.94 bits per heavy atom. The summed E-state index contributed by atoms with van der Waals surface area (Å²) in [5, 5.41) is 12.7. The Hall–Kier alpha value is -1.06. The number of benzene rings is 1. The average Bonchev–Trinajstić information content (AvgIpc) is 2.26. The van der Waals surface area contributed by atoms with Crippen molar-refractivity contribution in [2.75, 3.05) is 6.61 Å². The van der Waals surface area contributed by atoms with Crippen LogP contribution in [0.2, 0.25) is 0 Å². The van der Waals surface area contributed by atoms with Gasteiger partial charge in [0.05, 0.1) is 12.7 Å². The summed E-state index contributed by atoms with van der Waals surface area (Å²) in [5.41, 5.74) is 1.24. The summed E-state index contributed by atoms with van der Waals surface area (Å²) in [4.78, 5) is 0. The van der Waals surface area contributed by atoms with Gasteiger partial charge >= 0.3 is 0 Å². The lowest BCUT2D eigenvalue weighted by molar-refractivity contribution is 0.155. The average molecular weight is 251 g/mol. The lowest BCUT2D eigenvalue weighted by Gasteiger charge is -2.21. The van der Waals surface area contributed by atoms with E-state index in [4.69, 9.17) is 4.74 Å². The molecule has 0 saturated carbocycles. The Balaban J connectivity index is 2.56. The molecule has 0 amide bonds. The van der Waals surface area contributed by atoms with Crippen molar-refractivity contribution in [3.63, 3.8) is 0 Å². The van der Waals surface area contributed by atoms with E-state index >= 15 is 0 Å². The van der Waals surface area contributed by atoms with Gasteiger partial charge in [-0.15, -0.1) is 0 Å². The first-order chi connectivity index (χ1) is 8.38. The maximum atomic E-state index is 9.22. The van der Waals surface area contributed by atoms with Crippen molar-refractivity contribution in [1.29, 1.82) is 0 Å². The first-order valence-corrected chi connectivity index (χ1v) is 6.52. The molecule has 0 aliphatic carbocycles. The monoisotopic (exact) mass is 251 g/mol. The fourth-order valence-corrected chi connectivity index (χ4v) is 1.49. The van der Waals surface area contributed by atoms with Crippen LogP contribution in [-0.2, 0) is 6.54 Å². The summed E-state index contributed by atoms with van der Waals surface area (Å²) in [6, 6.07) is 8.03. The third-order valence-electron chi connectivity index (χ3n) is 2.57. The van der Waals surface area contributed by atoms with Gasteiger partial charge in [-0.1, -0.05) is 18.2 Å². The molecule has 0 fully saturated rings. The van der Waals surface area contributed by atoms with Gasteiger partial charge in [-0.2, -0.15) is 0 Å². The van der Waals surface area contributed by atoms with E-state index in [1.165, 1.54) is 0 Å². The number of aliphatic hydroxyl groups is 1. The summed E-state index contributed by atoms with van der Waals surface area (Å²) >= 11 is 0. The highest BCUT2D eigenvalue weighted by Crippen LogP contribution is 2.19. The smallest absolute Gasteiger partial charge is 0.123 e. The Kier molecular flexibility index (Phi) is 5.63. The van der Waals surface area contributed by atoms with Gasteiger partial charge in [0.2, 0.25) is 0 Å². The minimum atomic E-state index is -0.315. The molecule has 1 aromatic rings. The Labute approximate surface area is 110 Å². The summed E-state index contributed by atoms with van der Waals surface area (Å²) < 4.78 is 5.71. The minimum absolute atomic E-state index is 0.0900. The Morgan fingerprint density at radius 1 is 1.28 bits per heavy atom. The first kappa shape index (κ1) is 15.0. The third-order valence-corrected chi connectivity index (χ3v) is 2.57. The summed E-state index contributed by atoms with van der Waals surface area (Å²) in [6.45, 7) is 9.53. The van der Waals surface area contributed by atoms with Gasteiger partial charge < -0.3 is 15.2 Å². The van der Waals surface area contributed by atoms with Crippen LogP contribution >= 0.6 is 0 Å². The number of para-hydroxylation sites is 1. The van der Waals surface area contributed by atoms with Gasteiger partial charge in [-0.25, -0.2) is 0 Å². The number of nitrogens with one attached hydrogen (secondary N) is 1. The van der Waals surface area contributed by atoms with E-state index < -0.39 is 0 Å². The van der Waals surface area contributed by atoms with E-state index in [2.05, 4.69) is 32.2 Å². The molecule has 3 nitrogen and oxygen atoms in total. The fourth-order valence-electron chi connectivity index (χ4n) is 1.49. The second kappa shape index (κ2) is 6.76. The van der Waals surface area contributed by atoms with Gasteiger partial charge in [0.25, 0.3) is 0 Å². The molecule has 102 valence electrons. The predicted octanol–water partition coefficient (Wildman–Crippen LogP) is 2.72. The van der Waals surface area contributed by atoms with Crippen LogP contribution in [0.25, 0.3) is 0 Å². The number of hydrogen-bond acceptors (Lipinski definition) is 3. The van der Waals surface area contributed by atoms with Gasteiger partial charge in [-0.05, 0) is 33.8 Å². The standard InChI is InChI=1S/C15H25NO2/c1-12(17)9-10-18-14-8-6-5-7-13(14)11-16-15(2,3)4/h5-8,12,16-17H,9-11H2,1-4H3. The number of hydrogen-bond donors (Lipinski definition) is 2. The normalized spacial score (nSPS) is 13.4. The zero-order valence-electron chi connectivity index (χ0n) is 11.9. The van der Waals surface area contributed by atoms with Crippen molar-refractivity contribution < 1.29 is 9.84 Å². The molecule has 0 saturated heterocycles. The number of aliphatic hydroxyl groups excluding tert-OH is 1. The van der Waals surface area contributed by atoms with Gasteiger partial charge in [-0.3, -0.25) is 0 Å². The van der Waals surface area contributed by atoms with Crippen molar-refractivity contribution in [3.05, 3.63) is 29.8 Å². The van der Waals surface area contributed by atoms with E-state index in [9.17, 15) is 5.11 Å². The molecular formula is C15H25NO2. The maximum Gasteiger partial charge on any atom is 0.123 e. The zero-order valence-corrected chi connectivity index (χ0v) is 11.9. The van der Waals surface area contributed by atoms with Crippen LogP contribution in [-0.4, -0.2) is 23.4 Å². The highest BCUT2D eigenvalue weighted by Gasteiger charge is 2.10. The van der Waals surface area contributed by atoms with Crippen molar-refractivity contribution in [1.82, 2.24) is 5.32 Å². The molecule has 18 heavy (non-hydrogen) atoms. The van der Waals surface area contributed by atoms with Crippen LogP contribution in [0.1, 0.15) is 39.7 Å². The summed E-state index contributed by atoms with van der Waals surface area (Å²) in [7, 11) is 0. The molecule has 2 N–H and O–H groups in total.